The Morgan fingerprint density at radius 1 is 1.29 bits per heavy atom. The van der Waals surface area contributed by atoms with Gasteiger partial charge in [0.1, 0.15) is 5.01 Å². The number of methoxy groups -OCH3 is 1. The minimum atomic E-state index is -4.38. The summed E-state index contributed by atoms with van der Waals surface area (Å²) < 4.78 is 44.6. The number of nitrogens with zero attached hydrogens (tertiary/aromatic N) is 2. The van der Waals surface area contributed by atoms with E-state index >= 15 is 0 Å². The molecule has 2 heterocycles. The number of carbonyl (C=O) groups is 1. The maximum absolute atomic E-state index is 12.7. The van der Waals surface area contributed by atoms with E-state index in [2.05, 4.69) is 4.98 Å². The maximum atomic E-state index is 12.7. The molecule has 9 heteroatoms. The van der Waals surface area contributed by atoms with E-state index in [9.17, 15) is 23.1 Å². The number of hydrogen-bond acceptors (Lipinski definition) is 4. The molecule has 5 nitrogen and oxygen atoms in total. The van der Waals surface area contributed by atoms with Gasteiger partial charge in [-0.2, -0.15) is 13.2 Å². The second kappa shape index (κ2) is 7.89. The Hall–Kier alpha value is -3.07. The zero-order valence-corrected chi connectivity index (χ0v) is 15.4. The molecular weight excluding hydrogens is 393 g/mol. The lowest BCUT2D eigenvalue weighted by molar-refractivity contribution is -0.137. The summed E-state index contributed by atoms with van der Waals surface area (Å²) in [6.07, 6.45) is -1.49. The van der Waals surface area contributed by atoms with Crippen LogP contribution in [0.4, 0.5) is 13.2 Å². The summed E-state index contributed by atoms with van der Waals surface area (Å²) in [5, 5.41) is 11.6. The van der Waals surface area contributed by atoms with Crippen molar-refractivity contribution < 1.29 is 27.8 Å². The number of alkyl halides is 3. The van der Waals surface area contributed by atoms with E-state index < -0.39 is 17.7 Å². The highest BCUT2D eigenvalue weighted by Crippen LogP contribution is 2.33. The predicted octanol–water partition coefficient (Wildman–Crippen LogP) is 4.91. The summed E-state index contributed by atoms with van der Waals surface area (Å²) in [6.45, 7) is 0.0840. The zero-order valence-electron chi connectivity index (χ0n) is 14.6. The molecule has 0 unspecified atom stereocenters. The summed E-state index contributed by atoms with van der Waals surface area (Å²) in [4.78, 5) is 15.8. The van der Waals surface area contributed by atoms with E-state index in [-0.39, 0.29) is 12.1 Å². The third-order valence-corrected chi connectivity index (χ3v) is 4.80. The molecule has 0 aliphatic carbocycles. The first-order valence-corrected chi connectivity index (χ1v) is 8.91. The number of carboxylic acid groups (broad SMARTS) is 1. The molecule has 0 saturated carbocycles. The molecule has 0 aliphatic heterocycles. The summed E-state index contributed by atoms with van der Waals surface area (Å²) in [7, 11) is 1.37. The number of benzene rings is 1. The van der Waals surface area contributed by atoms with Gasteiger partial charge in [0, 0.05) is 17.1 Å². The van der Waals surface area contributed by atoms with Crippen molar-refractivity contribution in [3.05, 3.63) is 65.4 Å². The molecule has 0 radical (unpaired) electrons. The average molecular weight is 408 g/mol. The molecule has 146 valence electrons. The van der Waals surface area contributed by atoms with Crippen molar-refractivity contribution in [2.24, 2.45) is 0 Å². The van der Waals surface area contributed by atoms with Crippen LogP contribution in [0.1, 0.15) is 5.56 Å². The monoisotopic (exact) mass is 408 g/mol. The SMILES string of the molecule is CO/C=C(/Cn1cccc1-c1nc(-c2ccc(C(F)(F)F)cc2)cs1)C(=O)O. The van der Waals surface area contributed by atoms with Gasteiger partial charge in [0.25, 0.3) is 0 Å². The predicted molar refractivity (Wildman–Crippen MR) is 98.7 cm³/mol. The van der Waals surface area contributed by atoms with Gasteiger partial charge in [-0.05, 0) is 24.3 Å². The largest absolute Gasteiger partial charge is 0.504 e. The Morgan fingerprint density at radius 2 is 2.00 bits per heavy atom. The van der Waals surface area contributed by atoms with E-state index in [1.807, 2.05) is 0 Å². The standard InChI is InChI=1S/C19H15F3N2O3S/c1-27-10-13(18(25)26)9-24-8-2-3-16(24)17-23-15(11-28-17)12-4-6-14(7-5-12)19(20,21)22/h2-8,10-11H,9H2,1H3,(H,25,26)/b13-10-. The molecule has 3 rings (SSSR count). The summed E-state index contributed by atoms with van der Waals surface area (Å²) in [6, 6.07) is 8.36. The highest BCUT2D eigenvalue weighted by molar-refractivity contribution is 7.13. The fourth-order valence-corrected chi connectivity index (χ4v) is 3.45. The Kier molecular flexibility index (Phi) is 5.55. The van der Waals surface area contributed by atoms with Gasteiger partial charge in [0.05, 0.1) is 42.4 Å². The molecule has 0 fully saturated rings. The molecule has 0 spiro atoms. The topological polar surface area (TPSA) is 64.4 Å². The summed E-state index contributed by atoms with van der Waals surface area (Å²) >= 11 is 1.32. The van der Waals surface area contributed by atoms with Crippen LogP contribution in [0.25, 0.3) is 22.0 Å². The Balaban J connectivity index is 1.86. The van der Waals surface area contributed by atoms with Crippen LogP contribution in [0, 0.1) is 0 Å². The quantitative estimate of drug-likeness (QED) is 0.465. The lowest BCUT2D eigenvalue weighted by Gasteiger charge is -2.08. The molecule has 2 aromatic heterocycles. The normalized spacial score (nSPS) is 12.2. The fraction of sp³-hybridized carbons (Fsp3) is 0.158. The number of thiazole rings is 1. The van der Waals surface area contributed by atoms with Crippen molar-refractivity contribution >= 4 is 17.3 Å². The molecule has 0 amide bonds. The molecule has 1 aromatic carbocycles. The van der Waals surface area contributed by atoms with Crippen molar-refractivity contribution in [1.82, 2.24) is 9.55 Å². The molecule has 3 aromatic rings. The lowest BCUT2D eigenvalue weighted by Crippen LogP contribution is -2.10. The van der Waals surface area contributed by atoms with Crippen LogP contribution in [0.2, 0.25) is 0 Å². The van der Waals surface area contributed by atoms with E-state index in [0.717, 1.165) is 12.1 Å². The number of halogens is 3. The third-order valence-electron chi connectivity index (χ3n) is 3.94. The smallest absolute Gasteiger partial charge is 0.416 e. The van der Waals surface area contributed by atoms with Gasteiger partial charge >= 0.3 is 12.1 Å². The zero-order chi connectivity index (χ0) is 20.3. The van der Waals surface area contributed by atoms with Crippen molar-refractivity contribution in [2.75, 3.05) is 7.11 Å². The third kappa shape index (κ3) is 4.25. The number of rotatable bonds is 6. The molecule has 28 heavy (non-hydrogen) atoms. The Morgan fingerprint density at radius 3 is 2.61 bits per heavy atom. The van der Waals surface area contributed by atoms with Gasteiger partial charge in [0.15, 0.2) is 0 Å². The van der Waals surface area contributed by atoms with Crippen molar-refractivity contribution in [3.8, 4) is 22.0 Å². The van der Waals surface area contributed by atoms with E-state index in [1.165, 1.54) is 36.8 Å². The molecule has 0 saturated heterocycles. The van der Waals surface area contributed by atoms with Crippen LogP contribution in [0.15, 0.2) is 59.8 Å². The number of ether oxygens (including phenoxy) is 1. The van der Waals surface area contributed by atoms with Crippen LogP contribution in [0.5, 0.6) is 0 Å². The van der Waals surface area contributed by atoms with Crippen molar-refractivity contribution in [3.63, 3.8) is 0 Å². The first-order chi connectivity index (χ1) is 13.3. The van der Waals surface area contributed by atoms with Crippen LogP contribution in [-0.2, 0) is 22.3 Å². The highest BCUT2D eigenvalue weighted by Gasteiger charge is 2.30. The van der Waals surface area contributed by atoms with Crippen molar-refractivity contribution in [1.29, 1.82) is 0 Å². The second-order valence-corrected chi connectivity index (χ2v) is 6.68. The van der Waals surface area contributed by atoms with Crippen LogP contribution in [-0.4, -0.2) is 27.7 Å². The van der Waals surface area contributed by atoms with Gasteiger partial charge in [-0.25, -0.2) is 9.78 Å². The van der Waals surface area contributed by atoms with Crippen molar-refractivity contribution in [2.45, 2.75) is 12.7 Å². The van der Waals surface area contributed by atoms with Gasteiger partial charge in [-0.15, -0.1) is 11.3 Å². The van der Waals surface area contributed by atoms with E-state index in [0.29, 0.717) is 22.0 Å². The first kappa shape index (κ1) is 19.7. The number of carboxylic acids is 1. The summed E-state index contributed by atoms with van der Waals surface area (Å²) in [5.74, 6) is -1.09. The average Bonchev–Trinajstić information content (AvgIpc) is 3.29. The molecule has 1 N–H and O–H groups in total. The van der Waals surface area contributed by atoms with Gasteiger partial charge in [-0.1, -0.05) is 12.1 Å². The van der Waals surface area contributed by atoms with Crippen LogP contribution >= 0.6 is 11.3 Å². The number of hydrogen-bond donors (Lipinski definition) is 1. The molecule has 0 bridgehead atoms. The second-order valence-electron chi connectivity index (χ2n) is 5.82. The maximum Gasteiger partial charge on any atom is 0.416 e. The summed E-state index contributed by atoms with van der Waals surface area (Å²) in [5.41, 5.74) is 1.17. The highest BCUT2D eigenvalue weighted by atomic mass is 32.1. The Bertz CT molecular complexity index is 1000. The minimum absolute atomic E-state index is 0.0690. The molecule has 0 aliphatic rings. The molecule has 0 atom stereocenters. The lowest BCUT2D eigenvalue weighted by atomic mass is 10.1. The molecular formula is C19H15F3N2O3S. The van der Waals surface area contributed by atoms with Crippen LogP contribution < -0.4 is 0 Å². The first-order valence-electron chi connectivity index (χ1n) is 8.03. The van der Waals surface area contributed by atoms with Gasteiger partial charge in [0.2, 0.25) is 0 Å². The van der Waals surface area contributed by atoms with Gasteiger partial charge in [-0.3, -0.25) is 0 Å². The number of aliphatic carboxylic acids is 1. The van der Waals surface area contributed by atoms with Gasteiger partial charge < -0.3 is 14.4 Å². The fourth-order valence-electron chi connectivity index (χ4n) is 2.58. The van der Waals surface area contributed by atoms with E-state index in [1.54, 1.807) is 28.3 Å². The minimum Gasteiger partial charge on any atom is -0.504 e. The van der Waals surface area contributed by atoms with E-state index in [4.69, 9.17) is 4.74 Å². The Labute approximate surface area is 162 Å². The van der Waals surface area contributed by atoms with Crippen LogP contribution in [0.3, 0.4) is 0 Å². The number of aromatic nitrogens is 2.